The van der Waals surface area contributed by atoms with Gasteiger partial charge in [-0.2, -0.15) is 0 Å². The number of anilines is 1. The van der Waals surface area contributed by atoms with Crippen LogP contribution in [-0.4, -0.2) is 11.5 Å². The first-order chi connectivity index (χ1) is 6.92. The number of fused-ring (bicyclic) bond motifs is 1. The van der Waals surface area contributed by atoms with Crippen LogP contribution >= 0.6 is 0 Å². The van der Waals surface area contributed by atoms with Gasteiger partial charge in [0.1, 0.15) is 0 Å². The van der Waals surface area contributed by atoms with Gasteiger partial charge in [-0.1, -0.05) is 24.3 Å². The monoisotopic (exact) mass is 184 g/mol. The van der Waals surface area contributed by atoms with Crippen LogP contribution in [0.1, 0.15) is 0 Å². The molecular weight excluding hydrogens is 172 g/mol. The van der Waals surface area contributed by atoms with Crippen molar-refractivity contribution in [2.45, 2.75) is 0 Å². The highest BCUT2D eigenvalue weighted by molar-refractivity contribution is 5.90. The lowest BCUT2D eigenvalue weighted by atomic mass is 10.2. The zero-order valence-electron chi connectivity index (χ0n) is 7.90. The normalized spacial score (nSPS) is 10.0. The van der Waals surface area contributed by atoms with Gasteiger partial charge in [0.05, 0.1) is 11.2 Å². The molecule has 2 heteroatoms. The van der Waals surface area contributed by atoms with Gasteiger partial charge in [0.25, 0.3) is 0 Å². The largest absolute Gasteiger partial charge is 0.380 e. The molecule has 2 aromatic rings. The second-order valence-electron chi connectivity index (χ2n) is 3.05. The molecule has 0 bridgehead atoms. The molecule has 0 aliphatic rings. The topological polar surface area (TPSA) is 24.9 Å². The fourth-order valence-corrected chi connectivity index (χ4v) is 1.43. The first-order valence-corrected chi connectivity index (χ1v) is 4.60. The molecule has 0 atom stereocenters. The summed E-state index contributed by atoms with van der Waals surface area (Å²) < 4.78 is 0. The Morgan fingerprint density at radius 3 is 3.00 bits per heavy atom. The van der Waals surface area contributed by atoms with E-state index in [4.69, 9.17) is 0 Å². The minimum absolute atomic E-state index is 0.760. The third-order valence-electron chi connectivity index (χ3n) is 2.07. The Bertz CT molecular complexity index is 444. The molecule has 1 N–H and O–H groups in total. The number of nitrogens with one attached hydrogen (secondary N) is 1. The summed E-state index contributed by atoms with van der Waals surface area (Å²) in [6, 6.07) is 10.1. The van der Waals surface area contributed by atoms with Crippen molar-refractivity contribution in [1.82, 2.24) is 4.98 Å². The maximum atomic E-state index is 4.34. The Kier molecular flexibility index (Phi) is 2.45. The summed E-state index contributed by atoms with van der Waals surface area (Å²) in [5.41, 5.74) is 2.07. The molecule has 14 heavy (non-hydrogen) atoms. The van der Waals surface area contributed by atoms with Crippen molar-refractivity contribution >= 4 is 16.6 Å². The quantitative estimate of drug-likeness (QED) is 0.742. The fraction of sp³-hybridized carbons (Fsp3) is 0.0833. The first kappa shape index (κ1) is 8.75. The van der Waals surface area contributed by atoms with Crippen LogP contribution in [0.4, 0.5) is 5.69 Å². The minimum Gasteiger partial charge on any atom is -0.380 e. The lowest BCUT2D eigenvalue weighted by Crippen LogP contribution is -1.98. The van der Waals surface area contributed by atoms with E-state index in [0.29, 0.717) is 0 Å². The van der Waals surface area contributed by atoms with E-state index in [1.807, 2.05) is 24.3 Å². The van der Waals surface area contributed by atoms with Crippen molar-refractivity contribution < 1.29 is 0 Å². The summed E-state index contributed by atoms with van der Waals surface area (Å²) in [7, 11) is 0. The molecule has 0 fully saturated rings. The number of hydrogen-bond acceptors (Lipinski definition) is 2. The van der Waals surface area contributed by atoms with E-state index in [2.05, 4.69) is 29.0 Å². The molecule has 2 rings (SSSR count). The highest BCUT2D eigenvalue weighted by atomic mass is 14.9. The van der Waals surface area contributed by atoms with Gasteiger partial charge in [-0.3, -0.25) is 4.98 Å². The van der Waals surface area contributed by atoms with Crippen molar-refractivity contribution in [3.8, 4) is 0 Å². The zero-order chi connectivity index (χ0) is 9.80. The van der Waals surface area contributed by atoms with Crippen LogP contribution < -0.4 is 5.32 Å². The van der Waals surface area contributed by atoms with Gasteiger partial charge in [-0.15, -0.1) is 6.58 Å². The average molecular weight is 184 g/mol. The lowest BCUT2D eigenvalue weighted by Gasteiger charge is -2.06. The van der Waals surface area contributed by atoms with E-state index in [0.717, 1.165) is 23.1 Å². The lowest BCUT2D eigenvalue weighted by molar-refractivity contribution is 1.33. The molecule has 0 aliphatic heterocycles. The average Bonchev–Trinajstić information content (AvgIpc) is 2.26. The summed E-state index contributed by atoms with van der Waals surface area (Å²) in [5, 5.41) is 4.41. The van der Waals surface area contributed by atoms with Crippen molar-refractivity contribution in [2.24, 2.45) is 0 Å². The van der Waals surface area contributed by atoms with Gasteiger partial charge in [-0.05, 0) is 12.1 Å². The predicted octanol–water partition coefficient (Wildman–Crippen LogP) is 2.83. The molecule has 0 spiro atoms. The molecule has 1 heterocycles. The van der Waals surface area contributed by atoms with Crippen LogP contribution in [0.2, 0.25) is 0 Å². The van der Waals surface area contributed by atoms with Crippen LogP contribution in [0.25, 0.3) is 10.9 Å². The second kappa shape index (κ2) is 3.92. The van der Waals surface area contributed by atoms with Gasteiger partial charge in [0.15, 0.2) is 0 Å². The van der Waals surface area contributed by atoms with Crippen LogP contribution in [0.5, 0.6) is 0 Å². The van der Waals surface area contributed by atoms with Crippen LogP contribution in [0, 0.1) is 0 Å². The Labute approximate surface area is 83.3 Å². The zero-order valence-corrected chi connectivity index (χ0v) is 7.90. The second-order valence-corrected chi connectivity index (χ2v) is 3.05. The van der Waals surface area contributed by atoms with Crippen LogP contribution in [0.15, 0.2) is 49.2 Å². The van der Waals surface area contributed by atoms with Crippen molar-refractivity contribution in [2.75, 3.05) is 11.9 Å². The molecule has 1 aromatic heterocycles. The highest BCUT2D eigenvalue weighted by Gasteiger charge is 1.98. The Morgan fingerprint density at radius 1 is 1.29 bits per heavy atom. The van der Waals surface area contributed by atoms with E-state index in [1.165, 1.54) is 0 Å². The van der Waals surface area contributed by atoms with Crippen molar-refractivity contribution in [3.63, 3.8) is 0 Å². The molecule has 2 nitrogen and oxygen atoms in total. The predicted molar refractivity (Wildman–Crippen MR) is 60.4 cm³/mol. The van der Waals surface area contributed by atoms with Crippen molar-refractivity contribution in [1.29, 1.82) is 0 Å². The molecule has 0 unspecified atom stereocenters. The van der Waals surface area contributed by atoms with Gasteiger partial charge >= 0.3 is 0 Å². The summed E-state index contributed by atoms with van der Waals surface area (Å²) in [5.74, 6) is 0. The summed E-state index contributed by atoms with van der Waals surface area (Å²) >= 11 is 0. The number of benzene rings is 1. The molecule has 0 radical (unpaired) electrons. The Balaban J connectivity index is 2.48. The van der Waals surface area contributed by atoms with Gasteiger partial charge in [0.2, 0.25) is 0 Å². The smallest absolute Gasteiger partial charge is 0.0933 e. The maximum absolute atomic E-state index is 4.34. The highest BCUT2D eigenvalue weighted by Crippen LogP contribution is 2.19. The first-order valence-electron chi connectivity index (χ1n) is 4.60. The van der Waals surface area contributed by atoms with E-state index >= 15 is 0 Å². The molecule has 0 saturated heterocycles. The van der Waals surface area contributed by atoms with E-state index in [-0.39, 0.29) is 0 Å². The van der Waals surface area contributed by atoms with Gasteiger partial charge in [0, 0.05) is 18.1 Å². The fourth-order valence-electron chi connectivity index (χ4n) is 1.43. The molecule has 70 valence electrons. The number of aromatic nitrogens is 1. The number of nitrogens with zero attached hydrogens (tertiary/aromatic N) is 1. The van der Waals surface area contributed by atoms with Gasteiger partial charge in [-0.25, -0.2) is 0 Å². The van der Waals surface area contributed by atoms with Crippen LogP contribution in [0.3, 0.4) is 0 Å². The Morgan fingerprint density at radius 2 is 2.14 bits per heavy atom. The summed E-state index contributed by atoms with van der Waals surface area (Å²) in [6.45, 7) is 4.43. The third-order valence-corrected chi connectivity index (χ3v) is 2.07. The summed E-state index contributed by atoms with van der Waals surface area (Å²) in [4.78, 5) is 4.34. The minimum atomic E-state index is 0.760. The van der Waals surface area contributed by atoms with E-state index < -0.39 is 0 Å². The standard InChI is InChI=1S/C12H12N2/c1-2-8-13-11-7-3-5-10-6-4-9-14-12(10)11/h2-7,9,13H,1,8H2. The molecule has 0 saturated carbocycles. The molecule has 0 aliphatic carbocycles. The molecular formula is C12H12N2. The number of para-hydroxylation sites is 1. The molecule has 1 aromatic carbocycles. The van der Waals surface area contributed by atoms with Crippen LogP contribution in [-0.2, 0) is 0 Å². The van der Waals surface area contributed by atoms with Crippen molar-refractivity contribution in [3.05, 3.63) is 49.2 Å². The number of pyridine rings is 1. The third kappa shape index (κ3) is 1.59. The molecule has 0 amide bonds. The Hall–Kier alpha value is -1.83. The van der Waals surface area contributed by atoms with E-state index in [1.54, 1.807) is 6.20 Å². The van der Waals surface area contributed by atoms with E-state index in [9.17, 15) is 0 Å². The maximum Gasteiger partial charge on any atom is 0.0933 e. The number of rotatable bonds is 3. The summed E-state index contributed by atoms with van der Waals surface area (Å²) in [6.07, 6.45) is 3.64. The number of hydrogen-bond donors (Lipinski definition) is 1. The SMILES string of the molecule is C=CCNc1cccc2cccnc12. The van der Waals surface area contributed by atoms with Gasteiger partial charge < -0.3 is 5.32 Å².